The topological polar surface area (TPSA) is 79.3 Å². The van der Waals surface area contributed by atoms with Crippen molar-refractivity contribution in [2.45, 2.75) is 19.4 Å². The number of nitrogens with one attached hydrogen (secondary N) is 2. The monoisotopic (exact) mass is 465 g/mol. The van der Waals surface area contributed by atoms with Crippen molar-refractivity contribution in [1.29, 1.82) is 0 Å². The number of hydrogen-bond acceptors (Lipinski definition) is 4. The molecule has 0 atom stereocenters. The van der Waals surface area contributed by atoms with Crippen molar-refractivity contribution in [1.82, 2.24) is 25.5 Å². The Kier molecular flexibility index (Phi) is 6.68. The van der Waals surface area contributed by atoms with E-state index in [-0.39, 0.29) is 5.91 Å². The maximum absolute atomic E-state index is 13.1. The van der Waals surface area contributed by atoms with Gasteiger partial charge in [-0.25, -0.2) is 4.68 Å². The molecule has 2 heterocycles. The molecule has 0 bridgehead atoms. The van der Waals surface area contributed by atoms with Gasteiger partial charge in [-0.1, -0.05) is 60.7 Å². The third-order valence-electron chi connectivity index (χ3n) is 6.11. The molecule has 7 heteroatoms. The smallest absolute Gasteiger partial charge is 0.273 e. The van der Waals surface area contributed by atoms with E-state index in [9.17, 15) is 9.59 Å². The van der Waals surface area contributed by atoms with Gasteiger partial charge in [0.2, 0.25) is 0 Å². The molecule has 2 amide bonds. The second-order valence-electron chi connectivity index (χ2n) is 8.63. The highest BCUT2D eigenvalue weighted by Gasteiger charge is 2.20. The van der Waals surface area contributed by atoms with Gasteiger partial charge >= 0.3 is 0 Å². The molecule has 0 radical (unpaired) electrons. The molecular formula is C28H27N5O2. The molecule has 5 rings (SSSR count). The highest BCUT2D eigenvalue weighted by Crippen LogP contribution is 2.23. The number of hydrazine groups is 1. The van der Waals surface area contributed by atoms with Crippen LogP contribution in [0.25, 0.3) is 16.9 Å². The molecule has 3 aromatic carbocycles. The molecule has 1 saturated heterocycles. The summed E-state index contributed by atoms with van der Waals surface area (Å²) in [5.74, 6) is -0.800. The summed E-state index contributed by atoms with van der Waals surface area (Å²) in [6.07, 6.45) is 4.12. The first-order valence-electron chi connectivity index (χ1n) is 11.8. The summed E-state index contributed by atoms with van der Waals surface area (Å²) < 4.78 is 1.67. The molecule has 176 valence electrons. The summed E-state index contributed by atoms with van der Waals surface area (Å²) in [5.41, 5.74) is 9.26. The number of nitrogens with zero attached hydrogens (tertiary/aromatic N) is 3. The third-order valence-corrected chi connectivity index (χ3v) is 6.11. The SMILES string of the molecule is O=C(NNC(=O)c1cn(-c2ccccc2)nc1-c1ccccc1)c1cccc(CN2CCCC2)c1. The quantitative estimate of drug-likeness (QED) is 0.418. The van der Waals surface area contributed by atoms with Crippen molar-refractivity contribution >= 4 is 11.8 Å². The van der Waals surface area contributed by atoms with E-state index in [2.05, 4.69) is 20.9 Å². The molecule has 1 aliphatic rings. The molecule has 1 fully saturated rings. The lowest BCUT2D eigenvalue weighted by Crippen LogP contribution is -2.41. The molecular weight excluding hydrogens is 438 g/mol. The van der Waals surface area contributed by atoms with Gasteiger partial charge in [0.1, 0.15) is 5.69 Å². The van der Waals surface area contributed by atoms with E-state index in [0.717, 1.165) is 36.4 Å². The van der Waals surface area contributed by atoms with Crippen LogP contribution in [-0.4, -0.2) is 39.6 Å². The maximum atomic E-state index is 13.1. The van der Waals surface area contributed by atoms with Crippen LogP contribution < -0.4 is 10.9 Å². The summed E-state index contributed by atoms with van der Waals surface area (Å²) in [7, 11) is 0. The highest BCUT2D eigenvalue weighted by molar-refractivity contribution is 6.02. The second-order valence-corrected chi connectivity index (χ2v) is 8.63. The Morgan fingerprint density at radius 3 is 2.23 bits per heavy atom. The average molecular weight is 466 g/mol. The van der Waals surface area contributed by atoms with Crippen LogP contribution in [0, 0.1) is 0 Å². The number of rotatable bonds is 6. The van der Waals surface area contributed by atoms with Gasteiger partial charge < -0.3 is 0 Å². The fourth-order valence-corrected chi connectivity index (χ4v) is 4.33. The highest BCUT2D eigenvalue weighted by atomic mass is 16.2. The summed E-state index contributed by atoms with van der Waals surface area (Å²) in [4.78, 5) is 28.3. The molecule has 1 aromatic heterocycles. The fourth-order valence-electron chi connectivity index (χ4n) is 4.33. The Morgan fingerprint density at radius 1 is 0.800 bits per heavy atom. The lowest BCUT2D eigenvalue weighted by molar-refractivity contribution is 0.0847. The zero-order chi connectivity index (χ0) is 24.0. The Labute approximate surface area is 204 Å². The minimum Gasteiger partial charge on any atom is -0.299 e. The van der Waals surface area contributed by atoms with Crippen molar-refractivity contribution in [3.05, 3.63) is 108 Å². The second kappa shape index (κ2) is 10.4. The van der Waals surface area contributed by atoms with E-state index < -0.39 is 5.91 Å². The largest absolute Gasteiger partial charge is 0.299 e. The average Bonchev–Trinajstić information content (AvgIpc) is 3.59. The number of hydrogen-bond donors (Lipinski definition) is 2. The number of aromatic nitrogens is 2. The number of benzene rings is 3. The Bertz CT molecular complexity index is 1310. The first-order valence-corrected chi connectivity index (χ1v) is 11.8. The minimum atomic E-state index is -0.437. The summed E-state index contributed by atoms with van der Waals surface area (Å²) in [6.45, 7) is 3.01. The first-order chi connectivity index (χ1) is 17.2. The van der Waals surface area contributed by atoms with Crippen LogP contribution in [0.4, 0.5) is 0 Å². The predicted octanol–water partition coefficient (Wildman–Crippen LogP) is 4.21. The number of likely N-dealkylation sites (tertiary alicyclic amines) is 1. The predicted molar refractivity (Wildman–Crippen MR) is 135 cm³/mol. The molecule has 0 unspecified atom stereocenters. The standard InChI is InChI=1S/C28H27N5O2/c34-27(23-13-9-10-21(18-23)19-32-16-7-8-17-32)29-30-28(35)25-20-33(24-14-5-2-6-15-24)31-26(25)22-11-3-1-4-12-22/h1-6,9-15,18,20H,7-8,16-17,19H2,(H,29,34)(H,30,35). The molecule has 0 saturated carbocycles. The van der Waals surface area contributed by atoms with Gasteiger partial charge in [0.25, 0.3) is 11.8 Å². The van der Waals surface area contributed by atoms with Gasteiger partial charge in [0.05, 0.1) is 11.3 Å². The molecule has 1 aliphatic heterocycles. The Hall–Kier alpha value is -4.23. The van der Waals surface area contributed by atoms with E-state index in [1.807, 2.05) is 78.9 Å². The summed E-state index contributed by atoms with van der Waals surface area (Å²) in [6, 6.07) is 26.6. The lowest BCUT2D eigenvalue weighted by Gasteiger charge is -2.15. The number of amides is 2. The Balaban J connectivity index is 1.32. The van der Waals surface area contributed by atoms with E-state index in [1.165, 1.54) is 12.8 Å². The molecule has 2 N–H and O–H groups in total. The normalized spacial score (nSPS) is 13.5. The molecule has 7 nitrogen and oxygen atoms in total. The van der Waals surface area contributed by atoms with Crippen molar-refractivity contribution in [3.8, 4) is 16.9 Å². The maximum Gasteiger partial charge on any atom is 0.273 e. The Morgan fingerprint density at radius 2 is 1.49 bits per heavy atom. The van der Waals surface area contributed by atoms with E-state index in [1.54, 1.807) is 16.9 Å². The van der Waals surface area contributed by atoms with Crippen LogP contribution in [0.3, 0.4) is 0 Å². The van der Waals surface area contributed by atoms with Gasteiger partial charge in [0.15, 0.2) is 0 Å². The van der Waals surface area contributed by atoms with Gasteiger partial charge in [-0.05, 0) is 55.8 Å². The zero-order valence-corrected chi connectivity index (χ0v) is 19.4. The van der Waals surface area contributed by atoms with Crippen molar-refractivity contribution in [2.75, 3.05) is 13.1 Å². The van der Waals surface area contributed by atoms with Crippen LogP contribution >= 0.6 is 0 Å². The minimum absolute atomic E-state index is 0.363. The summed E-state index contributed by atoms with van der Waals surface area (Å²) in [5, 5.41) is 4.66. The first kappa shape index (κ1) is 22.6. The molecule has 35 heavy (non-hydrogen) atoms. The van der Waals surface area contributed by atoms with Crippen LogP contribution in [-0.2, 0) is 6.54 Å². The van der Waals surface area contributed by atoms with E-state index in [0.29, 0.717) is 16.8 Å². The van der Waals surface area contributed by atoms with Crippen LogP contribution in [0.2, 0.25) is 0 Å². The van der Waals surface area contributed by atoms with E-state index >= 15 is 0 Å². The molecule has 4 aromatic rings. The zero-order valence-electron chi connectivity index (χ0n) is 19.4. The van der Waals surface area contributed by atoms with Crippen LogP contribution in [0.15, 0.2) is 91.1 Å². The number of carbonyl (C=O) groups excluding carboxylic acids is 2. The van der Waals surface area contributed by atoms with Gasteiger partial charge in [-0.15, -0.1) is 0 Å². The van der Waals surface area contributed by atoms with Crippen LogP contribution in [0.5, 0.6) is 0 Å². The summed E-state index contributed by atoms with van der Waals surface area (Å²) >= 11 is 0. The number of para-hydroxylation sites is 1. The molecule has 0 spiro atoms. The van der Waals surface area contributed by atoms with Gasteiger partial charge in [-0.2, -0.15) is 5.10 Å². The van der Waals surface area contributed by atoms with Crippen molar-refractivity contribution < 1.29 is 9.59 Å². The fraction of sp³-hybridized carbons (Fsp3) is 0.179. The van der Waals surface area contributed by atoms with Crippen LogP contribution in [0.1, 0.15) is 39.1 Å². The van der Waals surface area contributed by atoms with Gasteiger partial charge in [-0.3, -0.25) is 25.3 Å². The molecule has 0 aliphatic carbocycles. The van der Waals surface area contributed by atoms with E-state index in [4.69, 9.17) is 0 Å². The third kappa shape index (κ3) is 5.31. The number of carbonyl (C=O) groups is 2. The van der Waals surface area contributed by atoms with Gasteiger partial charge in [0, 0.05) is 23.9 Å². The van der Waals surface area contributed by atoms with Crippen molar-refractivity contribution in [2.24, 2.45) is 0 Å². The van der Waals surface area contributed by atoms with Crippen molar-refractivity contribution in [3.63, 3.8) is 0 Å². The lowest BCUT2D eigenvalue weighted by atomic mass is 10.1.